The second-order valence-electron chi connectivity index (χ2n) is 5.71. The lowest BCUT2D eigenvalue weighted by Crippen LogP contribution is -2.42. The van der Waals surface area contributed by atoms with Crippen LogP contribution in [0.4, 0.5) is 0 Å². The molecule has 0 fully saturated rings. The van der Waals surface area contributed by atoms with Crippen LogP contribution in [0.15, 0.2) is 11.6 Å². The van der Waals surface area contributed by atoms with Crippen molar-refractivity contribution < 1.29 is 17.5 Å². The molecule has 6 heteroatoms. The monoisotopic (exact) mass is 293 g/mol. The van der Waals surface area contributed by atoms with E-state index in [0.717, 1.165) is 24.0 Å². The molecule has 0 saturated heterocycles. The molecule has 1 atom stereocenters. The third-order valence-corrected chi connectivity index (χ3v) is 4.00. The highest BCUT2D eigenvalue weighted by Crippen LogP contribution is 2.11. The third kappa shape index (κ3) is 10.1. The molecular weight excluding hydrogens is 264 g/mol. The number of likely N-dealkylation sites (N-methyl/N-ethyl adjacent to an activating group) is 2. The van der Waals surface area contributed by atoms with Crippen LogP contribution in [0.1, 0.15) is 26.7 Å². The van der Waals surface area contributed by atoms with Crippen LogP contribution in [0.3, 0.4) is 0 Å². The van der Waals surface area contributed by atoms with Gasteiger partial charge in [0.25, 0.3) is 10.1 Å². The van der Waals surface area contributed by atoms with Crippen LogP contribution in [0, 0.1) is 0 Å². The Kier molecular flexibility index (Phi) is 7.81. The van der Waals surface area contributed by atoms with Gasteiger partial charge in [0.15, 0.2) is 0 Å². The quantitative estimate of drug-likeness (QED) is 0.382. The molecule has 0 rings (SSSR count). The molecule has 114 valence electrons. The molecule has 0 aliphatic rings. The van der Waals surface area contributed by atoms with Gasteiger partial charge in [-0.1, -0.05) is 13.0 Å². The van der Waals surface area contributed by atoms with E-state index in [2.05, 4.69) is 39.3 Å². The molecule has 0 saturated carbocycles. The SMILES string of the molecule is CC/C(=C\C(C)NC)C[N+](C)(C)CCCS(=O)(=O)O. The minimum atomic E-state index is -3.84. The van der Waals surface area contributed by atoms with Gasteiger partial charge in [-0.15, -0.1) is 0 Å². The Morgan fingerprint density at radius 3 is 2.42 bits per heavy atom. The molecule has 0 amide bonds. The number of nitrogens with zero attached hydrogens (tertiary/aromatic N) is 1. The summed E-state index contributed by atoms with van der Waals surface area (Å²) in [7, 11) is 2.25. The molecule has 1 unspecified atom stereocenters. The van der Waals surface area contributed by atoms with Crippen molar-refractivity contribution in [3.05, 3.63) is 11.6 Å². The average Bonchev–Trinajstić information content (AvgIpc) is 2.25. The Hall–Kier alpha value is -0.430. The maximum Gasteiger partial charge on any atom is 0.265 e. The lowest BCUT2D eigenvalue weighted by molar-refractivity contribution is -0.885. The van der Waals surface area contributed by atoms with Gasteiger partial charge in [-0.3, -0.25) is 4.55 Å². The van der Waals surface area contributed by atoms with Crippen LogP contribution in [0.2, 0.25) is 0 Å². The molecule has 0 bridgehead atoms. The Bertz CT molecular complexity index is 389. The first-order valence-electron chi connectivity index (χ1n) is 6.73. The van der Waals surface area contributed by atoms with Crippen LogP contribution in [0.25, 0.3) is 0 Å². The van der Waals surface area contributed by atoms with Gasteiger partial charge in [0.05, 0.1) is 32.9 Å². The van der Waals surface area contributed by atoms with Crippen LogP contribution < -0.4 is 5.32 Å². The summed E-state index contributed by atoms with van der Waals surface area (Å²) in [6, 6.07) is 0.341. The van der Waals surface area contributed by atoms with Gasteiger partial charge in [0.2, 0.25) is 0 Å². The third-order valence-electron chi connectivity index (χ3n) is 3.19. The van der Waals surface area contributed by atoms with E-state index in [1.165, 1.54) is 5.57 Å². The van der Waals surface area contributed by atoms with Crippen LogP contribution >= 0.6 is 0 Å². The summed E-state index contributed by atoms with van der Waals surface area (Å²) in [6.07, 6.45) is 3.69. The zero-order valence-electron chi connectivity index (χ0n) is 12.8. The minimum absolute atomic E-state index is 0.160. The first-order chi connectivity index (χ1) is 8.59. The Morgan fingerprint density at radius 1 is 1.42 bits per heavy atom. The predicted molar refractivity (Wildman–Crippen MR) is 79.8 cm³/mol. The number of quaternary nitrogens is 1. The summed E-state index contributed by atoms with van der Waals surface area (Å²) < 4.78 is 30.9. The number of rotatable bonds is 9. The Morgan fingerprint density at radius 2 is 2.00 bits per heavy atom. The lowest BCUT2D eigenvalue weighted by atomic mass is 10.1. The highest BCUT2D eigenvalue weighted by Gasteiger charge is 2.18. The van der Waals surface area contributed by atoms with Crippen molar-refractivity contribution in [3.8, 4) is 0 Å². The fraction of sp³-hybridized carbons (Fsp3) is 0.846. The summed E-state index contributed by atoms with van der Waals surface area (Å²) in [4.78, 5) is 0. The number of nitrogens with one attached hydrogen (secondary N) is 1. The highest BCUT2D eigenvalue weighted by molar-refractivity contribution is 7.85. The molecule has 0 radical (unpaired) electrons. The smallest absolute Gasteiger partial charge is 0.265 e. The minimum Gasteiger partial charge on any atom is -0.325 e. The first kappa shape index (κ1) is 18.6. The highest BCUT2D eigenvalue weighted by atomic mass is 32.2. The molecule has 0 aliphatic heterocycles. The summed E-state index contributed by atoms with van der Waals surface area (Å²) in [5, 5.41) is 3.18. The summed E-state index contributed by atoms with van der Waals surface area (Å²) in [6.45, 7) is 5.86. The molecule has 0 aromatic carbocycles. The van der Waals surface area contributed by atoms with E-state index in [-0.39, 0.29) is 5.75 Å². The average molecular weight is 293 g/mol. The molecule has 0 heterocycles. The molecule has 19 heavy (non-hydrogen) atoms. The zero-order valence-corrected chi connectivity index (χ0v) is 13.6. The van der Waals surface area contributed by atoms with E-state index in [0.29, 0.717) is 12.5 Å². The van der Waals surface area contributed by atoms with Crippen molar-refractivity contribution in [1.29, 1.82) is 0 Å². The van der Waals surface area contributed by atoms with E-state index in [4.69, 9.17) is 4.55 Å². The largest absolute Gasteiger partial charge is 0.325 e. The van der Waals surface area contributed by atoms with E-state index in [1.54, 1.807) is 0 Å². The summed E-state index contributed by atoms with van der Waals surface area (Å²) in [5.41, 5.74) is 1.36. The fourth-order valence-corrected chi connectivity index (χ4v) is 2.52. The number of hydrogen-bond acceptors (Lipinski definition) is 3. The van der Waals surface area contributed by atoms with Crippen molar-refractivity contribution in [2.45, 2.75) is 32.7 Å². The molecular formula is C13H29N2O3S+. The van der Waals surface area contributed by atoms with Gasteiger partial charge >= 0.3 is 0 Å². The Labute approximate surface area is 118 Å². The molecule has 0 aromatic rings. The van der Waals surface area contributed by atoms with E-state index in [1.807, 2.05) is 7.05 Å². The fourth-order valence-electron chi connectivity index (χ4n) is 2.02. The lowest BCUT2D eigenvalue weighted by Gasteiger charge is -2.31. The standard InChI is InChI=1S/C13H28N2O3S/c1-6-13(10-12(2)14-3)11-15(4,5)8-7-9-19(16,17)18/h10,12,14H,6-9,11H2,1-5H3/p+1/b13-10+. The van der Waals surface area contributed by atoms with Crippen LogP contribution in [-0.4, -0.2) is 63.5 Å². The summed E-state index contributed by atoms with van der Waals surface area (Å²) >= 11 is 0. The van der Waals surface area contributed by atoms with Gasteiger partial charge in [-0.05, 0) is 26.0 Å². The first-order valence-corrected chi connectivity index (χ1v) is 8.34. The molecule has 0 aromatic heterocycles. The van der Waals surface area contributed by atoms with Crippen molar-refractivity contribution >= 4 is 10.1 Å². The van der Waals surface area contributed by atoms with Crippen molar-refractivity contribution in [2.75, 3.05) is 40.0 Å². The van der Waals surface area contributed by atoms with E-state index in [9.17, 15) is 8.42 Å². The van der Waals surface area contributed by atoms with Crippen LogP contribution in [0.5, 0.6) is 0 Å². The van der Waals surface area contributed by atoms with Gasteiger partial charge in [0, 0.05) is 12.5 Å². The van der Waals surface area contributed by atoms with Gasteiger partial charge in [-0.2, -0.15) is 8.42 Å². The predicted octanol–water partition coefficient (Wildman–Crippen LogP) is 1.29. The van der Waals surface area contributed by atoms with Crippen molar-refractivity contribution in [3.63, 3.8) is 0 Å². The molecule has 5 nitrogen and oxygen atoms in total. The number of hydrogen-bond donors (Lipinski definition) is 2. The topological polar surface area (TPSA) is 66.4 Å². The Balaban J connectivity index is 4.44. The van der Waals surface area contributed by atoms with E-state index >= 15 is 0 Å². The second kappa shape index (κ2) is 7.99. The maximum atomic E-state index is 10.7. The second-order valence-corrected chi connectivity index (χ2v) is 7.28. The van der Waals surface area contributed by atoms with Crippen molar-refractivity contribution in [2.24, 2.45) is 0 Å². The van der Waals surface area contributed by atoms with Gasteiger partial charge in [0.1, 0.15) is 0 Å². The molecule has 0 spiro atoms. The maximum absolute atomic E-state index is 10.7. The van der Waals surface area contributed by atoms with Gasteiger partial charge in [-0.25, -0.2) is 0 Å². The van der Waals surface area contributed by atoms with Crippen molar-refractivity contribution in [1.82, 2.24) is 5.32 Å². The molecule has 0 aliphatic carbocycles. The zero-order chi connectivity index (χ0) is 15.1. The van der Waals surface area contributed by atoms with E-state index < -0.39 is 10.1 Å². The molecule has 2 N–H and O–H groups in total. The van der Waals surface area contributed by atoms with Gasteiger partial charge < -0.3 is 9.80 Å². The van der Waals surface area contributed by atoms with Crippen LogP contribution in [-0.2, 0) is 10.1 Å². The normalized spacial score (nSPS) is 15.6. The summed E-state index contributed by atoms with van der Waals surface area (Å²) in [5.74, 6) is -0.160.